The zero-order valence-electron chi connectivity index (χ0n) is 34.3. The molecule has 298 valence electrons. The van der Waals surface area contributed by atoms with Gasteiger partial charge < -0.3 is 28.4 Å². The van der Waals surface area contributed by atoms with Gasteiger partial charge in [0.05, 0.1) is 18.6 Å². The van der Waals surface area contributed by atoms with Crippen LogP contribution < -0.4 is 0 Å². The molecule has 6 aliphatic rings. The molecular formula is C43H66O10. The minimum atomic E-state index is -0.930. The smallest absolute Gasteiger partial charge is 0.311 e. The van der Waals surface area contributed by atoms with Crippen molar-refractivity contribution in [1.29, 1.82) is 0 Å². The largest absolute Gasteiger partial charge is 0.469 e. The van der Waals surface area contributed by atoms with Gasteiger partial charge in [0.2, 0.25) is 0 Å². The highest BCUT2D eigenvalue weighted by atomic mass is 16.7. The maximum Gasteiger partial charge on any atom is 0.311 e. The van der Waals surface area contributed by atoms with Crippen LogP contribution >= 0.6 is 0 Å². The normalized spacial score (nSPS) is 45.8. The monoisotopic (exact) mass is 742 g/mol. The second-order valence-electron chi connectivity index (χ2n) is 19.6. The van der Waals surface area contributed by atoms with Crippen LogP contribution in [0.4, 0.5) is 0 Å². The first kappa shape index (κ1) is 40.2. The maximum atomic E-state index is 13.1. The molecule has 13 atom stereocenters. The Morgan fingerprint density at radius 2 is 1.49 bits per heavy atom. The van der Waals surface area contributed by atoms with E-state index in [1.165, 1.54) is 40.7 Å². The summed E-state index contributed by atoms with van der Waals surface area (Å²) >= 11 is 0. The summed E-state index contributed by atoms with van der Waals surface area (Å²) in [5, 5.41) is 0. The van der Waals surface area contributed by atoms with Gasteiger partial charge in [-0.25, -0.2) is 0 Å². The minimum Gasteiger partial charge on any atom is -0.469 e. The molecule has 1 saturated heterocycles. The summed E-state index contributed by atoms with van der Waals surface area (Å²) in [7, 11) is 1.53. The quantitative estimate of drug-likeness (QED) is 0.110. The number of carbonyl (C=O) groups excluding carboxylic acids is 4. The van der Waals surface area contributed by atoms with Crippen molar-refractivity contribution in [2.45, 2.75) is 171 Å². The lowest BCUT2D eigenvalue weighted by molar-refractivity contribution is -0.300. The molecular weight excluding hydrogens is 676 g/mol. The average Bonchev–Trinajstić information content (AvgIpc) is 3.06. The Hall–Kier alpha value is -2.46. The van der Waals surface area contributed by atoms with E-state index in [1.54, 1.807) is 5.57 Å². The highest BCUT2D eigenvalue weighted by molar-refractivity contribution is 5.76. The second-order valence-corrected chi connectivity index (χ2v) is 19.6. The summed E-state index contributed by atoms with van der Waals surface area (Å²) in [6.07, 6.45) is 9.78. The number of fused-ring (bicyclic) bond motifs is 7. The number of hydrogen-bond acceptors (Lipinski definition) is 10. The first-order valence-electron chi connectivity index (χ1n) is 20.2. The molecule has 1 aliphatic heterocycles. The van der Waals surface area contributed by atoms with Gasteiger partial charge in [0.15, 0.2) is 12.4 Å². The van der Waals surface area contributed by atoms with Crippen LogP contribution in [0.15, 0.2) is 11.6 Å². The lowest BCUT2D eigenvalue weighted by Crippen LogP contribution is -2.65. The number of esters is 4. The van der Waals surface area contributed by atoms with E-state index in [9.17, 15) is 19.2 Å². The minimum absolute atomic E-state index is 0.0637. The Morgan fingerprint density at radius 1 is 0.811 bits per heavy atom. The SMILES string of the molecule is COC(=O)[C@@]1(C)CC[C@]2(C)CC[C@]3(C)C(=CC[C@@H]4[C@@]5(C)CC[C@H](O[C@H]6C[C@H](OC(C)=O)[C@@H](OC(C)=O)[C@H](COC(C)=O)O6)C(C)(C)[C@@H]5CC[C@]43C)[C@@H]2C1. The van der Waals surface area contributed by atoms with Crippen molar-refractivity contribution in [3.8, 4) is 0 Å². The van der Waals surface area contributed by atoms with Crippen molar-refractivity contribution in [3.63, 3.8) is 0 Å². The molecule has 0 bridgehead atoms. The van der Waals surface area contributed by atoms with Crippen molar-refractivity contribution in [1.82, 2.24) is 0 Å². The van der Waals surface area contributed by atoms with Gasteiger partial charge in [-0.05, 0) is 116 Å². The molecule has 6 rings (SSSR count). The Bertz CT molecular complexity index is 1500. The van der Waals surface area contributed by atoms with E-state index in [-0.39, 0.29) is 52.2 Å². The van der Waals surface area contributed by atoms with Crippen LogP contribution in [0.25, 0.3) is 0 Å². The van der Waals surface area contributed by atoms with Crippen LogP contribution in [0.5, 0.6) is 0 Å². The molecule has 0 aromatic rings. The van der Waals surface area contributed by atoms with Gasteiger partial charge in [-0.1, -0.05) is 53.2 Å². The fourth-order valence-electron chi connectivity index (χ4n) is 13.2. The van der Waals surface area contributed by atoms with Gasteiger partial charge >= 0.3 is 23.9 Å². The van der Waals surface area contributed by atoms with Gasteiger partial charge in [-0.2, -0.15) is 0 Å². The van der Waals surface area contributed by atoms with E-state index in [0.717, 1.165) is 51.4 Å². The van der Waals surface area contributed by atoms with Gasteiger partial charge in [0, 0.05) is 27.2 Å². The Morgan fingerprint density at radius 3 is 2.13 bits per heavy atom. The Balaban J connectivity index is 1.24. The third-order valence-electron chi connectivity index (χ3n) is 16.3. The summed E-state index contributed by atoms with van der Waals surface area (Å²) in [6, 6.07) is 0. The number of methoxy groups -OCH3 is 1. The van der Waals surface area contributed by atoms with Crippen molar-refractivity contribution < 1.29 is 47.6 Å². The zero-order valence-corrected chi connectivity index (χ0v) is 34.3. The van der Waals surface area contributed by atoms with Gasteiger partial charge in [0.25, 0.3) is 0 Å². The first-order valence-corrected chi connectivity index (χ1v) is 20.2. The maximum absolute atomic E-state index is 13.1. The molecule has 10 nitrogen and oxygen atoms in total. The topological polar surface area (TPSA) is 124 Å². The van der Waals surface area contributed by atoms with Gasteiger partial charge in [-0.15, -0.1) is 0 Å². The summed E-state index contributed by atoms with van der Waals surface area (Å²) in [4.78, 5) is 49.1. The van der Waals surface area contributed by atoms with Crippen molar-refractivity contribution >= 4 is 23.9 Å². The van der Waals surface area contributed by atoms with Crippen LogP contribution in [0.2, 0.25) is 0 Å². The van der Waals surface area contributed by atoms with Crippen LogP contribution in [-0.2, 0) is 47.6 Å². The molecule has 0 unspecified atom stereocenters. The van der Waals surface area contributed by atoms with E-state index in [1.807, 2.05) is 0 Å². The average molecular weight is 743 g/mol. The van der Waals surface area contributed by atoms with Gasteiger partial charge in [-0.3, -0.25) is 19.2 Å². The molecule has 4 saturated carbocycles. The van der Waals surface area contributed by atoms with Crippen molar-refractivity contribution in [3.05, 3.63) is 11.6 Å². The molecule has 0 amide bonds. The number of rotatable bonds is 7. The second kappa shape index (κ2) is 13.9. The van der Waals surface area contributed by atoms with Crippen LogP contribution in [-0.4, -0.2) is 68.3 Å². The number of carbonyl (C=O) groups is 4. The standard InChI is InChI=1S/C43H66O10/c1-25(44)49-24-31-36(51-27(3)46)30(50-26(2)45)22-35(52-31)53-34-15-16-41(8)32(38(34,4)5)14-17-43(10)33(41)13-12-28-29-23-40(7,37(47)48-11)19-18-39(29,6)20-21-42(28,43)9/h12,29-36H,13-24H2,1-11H3/t29-,30-,31-,32-,33+,34-,35-,36+,39+,40-,41-,42+,43+/m0/s1. The van der Waals surface area contributed by atoms with Crippen molar-refractivity contribution in [2.24, 2.45) is 50.2 Å². The number of hydrogen-bond donors (Lipinski definition) is 0. The summed E-state index contributed by atoms with van der Waals surface area (Å²) in [6.45, 7) is 20.8. The van der Waals surface area contributed by atoms with Crippen LogP contribution in [0.1, 0.15) is 140 Å². The molecule has 0 N–H and O–H groups in total. The third kappa shape index (κ3) is 6.67. The molecule has 0 aromatic heterocycles. The third-order valence-corrected chi connectivity index (χ3v) is 16.3. The molecule has 5 aliphatic carbocycles. The molecule has 0 spiro atoms. The summed E-state index contributed by atoms with van der Waals surface area (Å²) in [5.74, 6) is -0.280. The van der Waals surface area contributed by atoms with E-state index < -0.39 is 47.9 Å². The number of allylic oxidation sites excluding steroid dienone is 2. The van der Waals surface area contributed by atoms with E-state index in [0.29, 0.717) is 17.8 Å². The Labute approximate surface area is 317 Å². The lowest BCUT2D eigenvalue weighted by Gasteiger charge is -2.71. The Kier molecular flexibility index (Phi) is 10.6. The van der Waals surface area contributed by atoms with E-state index in [2.05, 4.69) is 54.5 Å². The molecule has 53 heavy (non-hydrogen) atoms. The van der Waals surface area contributed by atoms with Gasteiger partial charge in [0.1, 0.15) is 18.8 Å². The highest BCUT2D eigenvalue weighted by Crippen LogP contribution is 2.76. The first-order chi connectivity index (χ1) is 24.6. The fraction of sp³-hybridized carbons (Fsp3) is 0.860. The zero-order chi connectivity index (χ0) is 38.9. The van der Waals surface area contributed by atoms with Crippen LogP contribution in [0.3, 0.4) is 0 Å². The lowest BCUT2D eigenvalue weighted by atomic mass is 9.33. The molecule has 0 radical (unpaired) electrons. The number of ether oxygens (including phenoxy) is 6. The predicted molar refractivity (Wildman–Crippen MR) is 197 cm³/mol. The molecule has 5 fully saturated rings. The molecule has 10 heteroatoms. The van der Waals surface area contributed by atoms with Crippen molar-refractivity contribution in [2.75, 3.05) is 13.7 Å². The van der Waals surface area contributed by atoms with E-state index >= 15 is 0 Å². The highest BCUT2D eigenvalue weighted by Gasteiger charge is 2.68. The van der Waals surface area contributed by atoms with E-state index in [4.69, 9.17) is 28.4 Å². The summed E-state index contributed by atoms with van der Waals surface area (Å²) < 4.78 is 35.1. The van der Waals surface area contributed by atoms with Crippen LogP contribution in [0, 0.1) is 50.2 Å². The summed E-state index contributed by atoms with van der Waals surface area (Å²) in [5.41, 5.74) is 1.50. The fourth-order valence-corrected chi connectivity index (χ4v) is 13.2. The predicted octanol–water partition coefficient (Wildman–Crippen LogP) is 7.89. The molecule has 0 aromatic carbocycles. The molecule has 1 heterocycles.